The van der Waals surface area contributed by atoms with Gasteiger partial charge in [-0.05, 0) is 32.4 Å². The Bertz CT molecular complexity index is 724. The van der Waals surface area contributed by atoms with Crippen LogP contribution in [0, 0.1) is 5.82 Å². The fourth-order valence-corrected chi connectivity index (χ4v) is 2.55. The van der Waals surface area contributed by atoms with Crippen LogP contribution >= 0.6 is 0 Å². The lowest BCUT2D eigenvalue weighted by Crippen LogP contribution is -2.23. The second kappa shape index (κ2) is 8.31. The van der Waals surface area contributed by atoms with Crippen molar-refractivity contribution >= 4 is 16.7 Å². The van der Waals surface area contributed by atoms with E-state index in [1.54, 1.807) is 18.2 Å². The molecule has 2 aromatic carbocycles. The Labute approximate surface area is 145 Å². The molecule has 0 heterocycles. The number of hydrogen-bond acceptors (Lipinski definition) is 2. The van der Waals surface area contributed by atoms with Crippen LogP contribution in [0.3, 0.4) is 0 Å². The quantitative estimate of drug-likeness (QED) is 0.731. The van der Waals surface area contributed by atoms with Crippen molar-refractivity contribution in [2.75, 3.05) is 6.61 Å². The molecule has 5 heteroatoms. The smallest absolute Gasteiger partial charge is 0.145 e. The number of ether oxygens (including phenoxy) is 1. The minimum Gasteiger partial charge on any atom is -0.370 e. The van der Waals surface area contributed by atoms with Crippen molar-refractivity contribution in [2.24, 2.45) is 4.40 Å². The summed E-state index contributed by atoms with van der Waals surface area (Å²) in [7, 11) is -1.48. The summed E-state index contributed by atoms with van der Waals surface area (Å²) in [5.41, 5.74) is 1.70. The predicted molar refractivity (Wildman–Crippen MR) is 96.9 cm³/mol. The zero-order valence-corrected chi connectivity index (χ0v) is 15.0. The average Bonchev–Trinajstić information content (AvgIpc) is 2.54. The summed E-state index contributed by atoms with van der Waals surface area (Å²) in [4.78, 5) is 0. The van der Waals surface area contributed by atoms with Crippen molar-refractivity contribution in [3.05, 3.63) is 71.5 Å². The SMILES string of the molecule is CC(C)(C)S(=O)N=C(COCc1ccccc1)c1ccccc1F. The van der Waals surface area contributed by atoms with E-state index in [1.807, 2.05) is 51.1 Å². The molecule has 0 N–H and O–H groups in total. The largest absolute Gasteiger partial charge is 0.370 e. The molecule has 0 fully saturated rings. The van der Waals surface area contributed by atoms with E-state index in [9.17, 15) is 8.60 Å². The molecule has 0 aliphatic rings. The van der Waals surface area contributed by atoms with E-state index in [4.69, 9.17) is 4.74 Å². The van der Waals surface area contributed by atoms with E-state index in [1.165, 1.54) is 6.07 Å². The van der Waals surface area contributed by atoms with Crippen molar-refractivity contribution < 1.29 is 13.3 Å². The lowest BCUT2D eigenvalue weighted by molar-refractivity contribution is 0.158. The van der Waals surface area contributed by atoms with E-state index in [0.29, 0.717) is 17.9 Å². The molecule has 0 aliphatic heterocycles. The first kappa shape index (κ1) is 18.5. The average molecular weight is 347 g/mol. The molecule has 1 atom stereocenters. The van der Waals surface area contributed by atoms with Gasteiger partial charge in [0.2, 0.25) is 0 Å². The van der Waals surface area contributed by atoms with Crippen molar-refractivity contribution in [3.63, 3.8) is 0 Å². The highest BCUT2D eigenvalue weighted by Gasteiger charge is 2.21. The molecular weight excluding hydrogens is 325 g/mol. The molecule has 0 aliphatic carbocycles. The van der Waals surface area contributed by atoms with Crippen molar-refractivity contribution in [1.29, 1.82) is 0 Å². The van der Waals surface area contributed by atoms with E-state index in [2.05, 4.69) is 4.40 Å². The van der Waals surface area contributed by atoms with Crippen LogP contribution < -0.4 is 0 Å². The molecule has 24 heavy (non-hydrogen) atoms. The normalized spacial score (nSPS) is 13.8. The first-order chi connectivity index (χ1) is 11.4. The third-order valence-electron chi connectivity index (χ3n) is 3.25. The minimum absolute atomic E-state index is 0.0949. The number of nitrogens with zero attached hydrogens (tertiary/aromatic N) is 1. The second-order valence-electron chi connectivity index (χ2n) is 6.36. The molecule has 128 valence electrons. The van der Waals surface area contributed by atoms with Gasteiger partial charge in [0.15, 0.2) is 0 Å². The molecule has 2 aromatic rings. The van der Waals surface area contributed by atoms with Gasteiger partial charge in [0.1, 0.15) is 16.8 Å². The Balaban J connectivity index is 2.19. The fourth-order valence-electron chi connectivity index (χ4n) is 1.93. The number of halogens is 1. The van der Waals surface area contributed by atoms with Crippen molar-refractivity contribution in [3.8, 4) is 0 Å². The molecule has 2 rings (SSSR count). The number of rotatable bonds is 6. The van der Waals surface area contributed by atoms with Crippen LogP contribution in [-0.2, 0) is 22.3 Å². The minimum atomic E-state index is -1.48. The highest BCUT2D eigenvalue weighted by Crippen LogP contribution is 2.16. The maximum atomic E-state index is 14.1. The van der Waals surface area contributed by atoms with Gasteiger partial charge in [-0.25, -0.2) is 8.60 Å². The zero-order chi connectivity index (χ0) is 17.6. The molecule has 3 nitrogen and oxygen atoms in total. The summed E-state index contributed by atoms with van der Waals surface area (Å²) in [6.07, 6.45) is 0. The van der Waals surface area contributed by atoms with Gasteiger partial charge in [-0.1, -0.05) is 48.5 Å². The van der Waals surface area contributed by atoms with Crippen LogP contribution in [0.2, 0.25) is 0 Å². The molecule has 0 bridgehead atoms. The Kier molecular flexibility index (Phi) is 6.40. The Morgan fingerprint density at radius 2 is 1.71 bits per heavy atom. The van der Waals surface area contributed by atoms with Crippen LogP contribution in [0.15, 0.2) is 59.0 Å². The highest BCUT2D eigenvalue weighted by atomic mass is 32.2. The summed E-state index contributed by atoms with van der Waals surface area (Å²) >= 11 is 0. The van der Waals surface area contributed by atoms with Gasteiger partial charge in [-0.15, -0.1) is 0 Å². The molecule has 1 unspecified atom stereocenters. The van der Waals surface area contributed by atoms with E-state index < -0.39 is 21.5 Å². The van der Waals surface area contributed by atoms with Crippen LogP contribution in [-0.4, -0.2) is 21.3 Å². The Morgan fingerprint density at radius 1 is 1.08 bits per heavy atom. The van der Waals surface area contributed by atoms with Crippen LogP contribution in [0.5, 0.6) is 0 Å². The van der Waals surface area contributed by atoms with E-state index in [-0.39, 0.29) is 6.61 Å². The fraction of sp³-hybridized carbons (Fsp3) is 0.316. The molecular formula is C19H22FNO2S. The summed E-state index contributed by atoms with van der Waals surface area (Å²) < 4.78 is 35.8. The first-order valence-electron chi connectivity index (χ1n) is 7.74. The zero-order valence-electron chi connectivity index (χ0n) is 14.2. The molecule has 0 spiro atoms. The summed E-state index contributed by atoms with van der Waals surface area (Å²) in [6.45, 7) is 5.97. The van der Waals surface area contributed by atoms with Gasteiger partial charge in [0.25, 0.3) is 0 Å². The lowest BCUT2D eigenvalue weighted by atomic mass is 10.1. The van der Waals surface area contributed by atoms with Crippen molar-refractivity contribution in [1.82, 2.24) is 0 Å². The first-order valence-corrected chi connectivity index (χ1v) is 8.85. The number of benzene rings is 2. The molecule has 0 aromatic heterocycles. The topological polar surface area (TPSA) is 38.7 Å². The lowest BCUT2D eigenvalue weighted by Gasteiger charge is -2.16. The molecule has 0 radical (unpaired) electrons. The summed E-state index contributed by atoms with van der Waals surface area (Å²) in [6, 6.07) is 16.0. The summed E-state index contributed by atoms with van der Waals surface area (Å²) in [5, 5.41) is 0. The maximum absolute atomic E-state index is 14.1. The summed E-state index contributed by atoms with van der Waals surface area (Å²) in [5.74, 6) is -0.398. The maximum Gasteiger partial charge on any atom is 0.145 e. The van der Waals surface area contributed by atoms with Crippen LogP contribution in [0.1, 0.15) is 31.9 Å². The monoisotopic (exact) mass is 347 g/mol. The predicted octanol–water partition coefficient (Wildman–Crippen LogP) is 4.29. The third-order valence-corrected chi connectivity index (χ3v) is 4.69. The standard InChI is InChI=1S/C19H22FNO2S/c1-19(2,3)24(22)21-18(16-11-7-8-12-17(16)20)14-23-13-15-9-5-4-6-10-15/h4-12H,13-14H2,1-3H3. The van der Waals surface area contributed by atoms with Crippen LogP contribution in [0.4, 0.5) is 4.39 Å². The van der Waals surface area contributed by atoms with E-state index in [0.717, 1.165) is 5.56 Å². The molecule has 0 saturated heterocycles. The van der Waals surface area contributed by atoms with Gasteiger partial charge < -0.3 is 4.74 Å². The van der Waals surface area contributed by atoms with Gasteiger partial charge in [-0.2, -0.15) is 4.40 Å². The number of hydrogen-bond donors (Lipinski definition) is 0. The van der Waals surface area contributed by atoms with Gasteiger partial charge in [0.05, 0.1) is 23.7 Å². The second-order valence-corrected chi connectivity index (χ2v) is 8.26. The van der Waals surface area contributed by atoms with Gasteiger partial charge in [-0.3, -0.25) is 0 Å². The molecule has 0 amide bonds. The third kappa shape index (κ3) is 5.35. The van der Waals surface area contributed by atoms with Gasteiger partial charge >= 0.3 is 0 Å². The highest BCUT2D eigenvalue weighted by molar-refractivity contribution is 7.85. The van der Waals surface area contributed by atoms with Gasteiger partial charge in [0, 0.05) is 5.56 Å². The Morgan fingerprint density at radius 3 is 2.33 bits per heavy atom. The Hall–Kier alpha value is -1.85. The van der Waals surface area contributed by atoms with Crippen molar-refractivity contribution in [2.45, 2.75) is 32.1 Å². The molecule has 0 saturated carbocycles. The van der Waals surface area contributed by atoms with Crippen LogP contribution in [0.25, 0.3) is 0 Å². The van der Waals surface area contributed by atoms with E-state index >= 15 is 0 Å².